The molecule has 21 heavy (non-hydrogen) atoms. The number of nitrogens with zero attached hydrogens (tertiary/aromatic N) is 1. The Hall–Kier alpha value is -0.860. The molecule has 2 atom stereocenters. The summed E-state index contributed by atoms with van der Waals surface area (Å²) in [6, 6.07) is 10.6. The molecule has 0 spiro atoms. The number of hydrogen-bond donors (Lipinski definition) is 1. The molecule has 2 unspecified atom stereocenters. The van der Waals surface area contributed by atoms with E-state index in [2.05, 4.69) is 48.3 Å². The second-order valence-electron chi connectivity index (χ2n) is 7.08. The van der Waals surface area contributed by atoms with Crippen LogP contribution in [0.1, 0.15) is 50.7 Å². The molecule has 1 saturated carbocycles. The maximum absolute atomic E-state index is 3.64. The van der Waals surface area contributed by atoms with Gasteiger partial charge in [0.15, 0.2) is 0 Å². The maximum atomic E-state index is 3.64. The lowest BCUT2D eigenvalue weighted by Gasteiger charge is -2.38. The van der Waals surface area contributed by atoms with Crippen molar-refractivity contribution in [1.29, 1.82) is 0 Å². The highest BCUT2D eigenvalue weighted by Gasteiger charge is 2.25. The Morgan fingerprint density at radius 1 is 1.10 bits per heavy atom. The van der Waals surface area contributed by atoms with E-state index in [-0.39, 0.29) is 0 Å². The highest BCUT2D eigenvalue weighted by atomic mass is 15.2. The highest BCUT2D eigenvalue weighted by molar-refractivity contribution is 5.27. The van der Waals surface area contributed by atoms with Crippen LogP contribution in [0.4, 0.5) is 0 Å². The zero-order chi connectivity index (χ0) is 14.7. The fourth-order valence-electron chi connectivity index (χ4n) is 3.52. The van der Waals surface area contributed by atoms with Crippen LogP contribution in [0, 0.1) is 5.92 Å². The summed E-state index contributed by atoms with van der Waals surface area (Å²) in [4.78, 5) is 2.68. The Bertz CT molecular complexity index is 453. The van der Waals surface area contributed by atoms with Crippen molar-refractivity contribution in [2.45, 2.75) is 64.6 Å². The molecule has 2 heteroatoms. The van der Waals surface area contributed by atoms with Gasteiger partial charge in [0, 0.05) is 18.6 Å². The summed E-state index contributed by atoms with van der Waals surface area (Å²) in [5.74, 6) is 0.836. The van der Waals surface area contributed by atoms with Gasteiger partial charge in [-0.25, -0.2) is 0 Å². The molecule has 1 aromatic rings. The first-order valence-corrected chi connectivity index (χ1v) is 8.78. The summed E-state index contributed by atoms with van der Waals surface area (Å²) in [6.07, 6.45) is 6.68. The van der Waals surface area contributed by atoms with Crippen LogP contribution in [0.15, 0.2) is 24.3 Å². The quantitative estimate of drug-likeness (QED) is 0.859. The summed E-state index contributed by atoms with van der Waals surface area (Å²) in [6.45, 7) is 8.34. The van der Waals surface area contributed by atoms with E-state index in [9.17, 15) is 0 Å². The Kier molecular flexibility index (Phi) is 4.97. The van der Waals surface area contributed by atoms with Crippen molar-refractivity contribution in [1.82, 2.24) is 10.2 Å². The molecule has 0 bridgehead atoms. The topological polar surface area (TPSA) is 15.3 Å². The number of rotatable bonds is 6. The molecular formula is C19H30N2. The molecule has 0 aromatic heterocycles. The van der Waals surface area contributed by atoms with Gasteiger partial charge in [-0.05, 0) is 69.2 Å². The second-order valence-corrected chi connectivity index (χ2v) is 7.08. The zero-order valence-corrected chi connectivity index (χ0v) is 13.6. The van der Waals surface area contributed by atoms with Crippen LogP contribution in [0.5, 0.6) is 0 Å². The summed E-state index contributed by atoms with van der Waals surface area (Å²) < 4.78 is 0. The van der Waals surface area contributed by atoms with E-state index in [0.29, 0.717) is 0 Å². The number of benzene rings is 1. The standard InChI is InChI=1S/C19H30N2/c1-15-6-5-13-21(16(15)2)14-18-8-4-3-7-17(18)11-12-20-19-9-10-19/h3-4,7-8,15-16,19-20H,5-6,9-14H2,1-2H3. The van der Waals surface area contributed by atoms with E-state index < -0.39 is 0 Å². The summed E-state index contributed by atoms with van der Waals surface area (Å²) >= 11 is 0. The summed E-state index contributed by atoms with van der Waals surface area (Å²) in [5, 5.41) is 3.64. The monoisotopic (exact) mass is 286 g/mol. The molecule has 2 nitrogen and oxygen atoms in total. The van der Waals surface area contributed by atoms with Crippen LogP contribution in [0.2, 0.25) is 0 Å². The molecule has 3 rings (SSSR count). The lowest BCUT2D eigenvalue weighted by atomic mass is 9.91. The average molecular weight is 286 g/mol. The normalized spacial score (nSPS) is 27.0. The third-order valence-electron chi connectivity index (χ3n) is 5.40. The van der Waals surface area contributed by atoms with Gasteiger partial charge in [0.25, 0.3) is 0 Å². The van der Waals surface area contributed by atoms with Crippen LogP contribution < -0.4 is 5.32 Å². The van der Waals surface area contributed by atoms with Crippen molar-refractivity contribution in [2.24, 2.45) is 5.92 Å². The van der Waals surface area contributed by atoms with E-state index >= 15 is 0 Å². The summed E-state index contributed by atoms with van der Waals surface area (Å²) in [5.41, 5.74) is 3.08. The van der Waals surface area contributed by atoms with Crippen molar-refractivity contribution in [3.63, 3.8) is 0 Å². The minimum absolute atomic E-state index is 0.719. The van der Waals surface area contributed by atoms with Crippen LogP contribution in [0.3, 0.4) is 0 Å². The van der Waals surface area contributed by atoms with E-state index in [1.54, 1.807) is 0 Å². The third-order valence-corrected chi connectivity index (χ3v) is 5.40. The van der Waals surface area contributed by atoms with Crippen molar-refractivity contribution in [3.05, 3.63) is 35.4 Å². The van der Waals surface area contributed by atoms with Gasteiger partial charge >= 0.3 is 0 Å². The van der Waals surface area contributed by atoms with E-state index in [1.165, 1.54) is 49.8 Å². The summed E-state index contributed by atoms with van der Waals surface area (Å²) in [7, 11) is 0. The lowest BCUT2D eigenvalue weighted by Crippen LogP contribution is -2.41. The Labute approximate surface area is 129 Å². The van der Waals surface area contributed by atoms with E-state index in [0.717, 1.165) is 31.1 Å². The minimum Gasteiger partial charge on any atom is -0.314 e. The van der Waals surface area contributed by atoms with Gasteiger partial charge in [0.2, 0.25) is 0 Å². The predicted molar refractivity (Wildman–Crippen MR) is 89.4 cm³/mol. The predicted octanol–water partition coefficient (Wildman–Crippen LogP) is 3.60. The van der Waals surface area contributed by atoms with Gasteiger partial charge < -0.3 is 5.32 Å². The van der Waals surface area contributed by atoms with Gasteiger partial charge in [-0.15, -0.1) is 0 Å². The van der Waals surface area contributed by atoms with Gasteiger partial charge in [0.1, 0.15) is 0 Å². The number of piperidine rings is 1. The smallest absolute Gasteiger partial charge is 0.0239 e. The third kappa shape index (κ3) is 4.08. The Morgan fingerprint density at radius 2 is 1.86 bits per heavy atom. The molecule has 2 fully saturated rings. The molecule has 2 aliphatic rings. The van der Waals surface area contributed by atoms with Gasteiger partial charge in [-0.3, -0.25) is 4.90 Å². The molecule has 0 radical (unpaired) electrons. The zero-order valence-electron chi connectivity index (χ0n) is 13.6. The number of likely N-dealkylation sites (tertiary alicyclic amines) is 1. The Morgan fingerprint density at radius 3 is 2.62 bits per heavy atom. The molecule has 1 aromatic carbocycles. The van der Waals surface area contributed by atoms with Crippen LogP contribution in [-0.4, -0.2) is 30.1 Å². The van der Waals surface area contributed by atoms with Crippen LogP contribution in [-0.2, 0) is 13.0 Å². The number of nitrogens with one attached hydrogen (secondary N) is 1. The first-order valence-electron chi connectivity index (χ1n) is 8.78. The van der Waals surface area contributed by atoms with E-state index in [4.69, 9.17) is 0 Å². The van der Waals surface area contributed by atoms with Gasteiger partial charge in [0.05, 0.1) is 0 Å². The molecule has 1 aliphatic heterocycles. The molecular weight excluding hydrogens is 256 g/mol. The number of hydrogen-bond acceptors (Lipinski definition) is 2. The van der Waals surface area contributed by atoms with E-state index in [1.807, 2.05) is 0 Å². The first-order chi connectivity index (χ1) is 10.2. The van der Waals surface area contributed by atoms with Crippen molar-refractivity contribution in [3.8, 4) is 0 Å². The fourth-order valence-corrected chi connectivity index (χ4v) is 3.52. The van der Waals surface area contributed by atoms with Gasteiger partial charge in [-0.2, -0.15) is 0 Å². The average Bonchev–Trinajstić information content (AvgIpc) is 3.30. The van der Waals surface area contributed by atoms with Crippen molar-refractivity contribution >= 4 is 0 Å². The largest absolute Gasteiger partial charge is 0.314 e. The van der Waals surface area contributed by atoms with Crippen LogP contribution in [0.25, 0.3) is 0 Å². The minimum atomic E-state index is 0.719. The molecule has 1 aliphatic carbocycles. The van der Waals surface area contributed by atoms with Crippen molar-refractivity contribution in [2.75, 3.05) is 13.1 Å². The maximum Gasteiger partial charge on any atom is 0.0239 e. The molecule has 116 valence electrons. The molecule has 1 heterocycles. The van der Waals surface area contributed by atoms with Gasteiger partial charge in [-0.1, -0.05) is 31.2 Å². The second kappa shape index (κ2) is 6.93. The first kappa shape index (κ1) is 15.1. The van der Waals surface area contributed by atoms with Crippen molar-refractivity contribution < 1.29 is 0 Å². The lowest BCUT2D eigenvalue weighted by molar-refractivity contribution is 0.106. The Balaban J connectivity index is 1.60. The SMILES string of the molecule is CC1CCCN(Cc2ccccc2CCNC2CC2)C1C. The molecule has 1 N–H and O–H groups in total. The van der Waals surface area contributed by atoms with Crippen LogP contribution >= 0.6 is 0 Å². The molecule has 0 amide bonds. The molecule has 1 saturated heterocycles. The highest BCUT2D eigenvalue weighted by Crippen LogP contribution is 2.25. The fraction of sp³-hybridized carbons (Fsp3) is 0.684.